The molecule has 1 unspecified atom stereocenters. The van der Waals surface area contributed by atoms with Crippen LogP contribution in [0.3, 0.4) is 0 Å². The van der Waals surface area contributed by atoms with Gasteiger partial charge in [0.2, 0.25) is 0 Å². The normalized spacial score (nSPS) is 24.2. The van der Waals surface area contributed by atoms with E-state index in [1.807, 2.05) is 0 Å². The van der Waals surface area contributed by atoms with Crippen LogP contribution < -0.4 is 5.32 Å². The highest BCUT2D eigenvalue weighted by Gasteiger charge is 2.30. The molecule has 90 valence electrons. The van der Waals surface area contributed by atoms with Crippen molar-refractivity contribution in [2.24, 2.45) is 0 Å². The van der Waals surface area contributed by atoms with Gasteiger partial charge in [0, 0.05) is 0 Å². The molecule has 1 fully saturated rings. The van der Waals surface area contributed by atoms with Crippen LogP contribution in [0, 0.1) is 17.1 Å². The molecule has 2 nitrogen and oxygen atoms in total. The molecule has 1 aliphatic heterocycles. The molecule has 0 aromatic heterocycles. The van der Waals surface area contributed by atoms with E-state index in [2.05, 4.69) is 11.4 Å². The van der Waals surface area contributed by atoms with Gasteiger partial charge >= 0.3 is 0 Å². The third-order valence-electron chi connectivity index (χ3n) is 3.46. The van der Waals surface area contributed by atoms with Crippen molar-refractivity contribution >= 4 is 0 Å². The van der Waals surface area contributed by atoms with Gasteiger partial charge in [0.25, 0.3) is 0 Å². The lowest BCUT2D eigenvalue weighted by molar-refractivity contribution is 0.305. The van der Waals surface area contributed by atoms with Gasteiger partial charge in [-0.3, -0.25) is 5.32 Å². The molecule has 1 aromatic carbocycles. The van der Waals surface area contributed by atoms with E-state index in [1.165, 1.54) is 12.1 Å². The number of nitrogens with one attached hydrogen (secondary N) is 1. The average Bonchev–Trinajstić information content (AvgIpc) is 2.39. The maximum atomic E-state index is 12.8. The zero-order valence-electron chi connectivity index (χ0n) is 9.88. The molecule has 0 radical (unpaired) electrons. The van der Waals surface area contributed by atoms with Crippen molar-refractivity contribution in [3.63, 3.8) is 0 Å². The zero-order valence-corrected chi connectivity index (χ0v) is 9.88. The fraction of sp³-hybridized carbons (Fsp3) is 0.500. The predicted molar refractivity (Wildman–Crippen MR) is 64.9 cm³/mol. The van der Waals surface area contributed by atoms with E-state index >= 15 is 0 Å². The van der Waals surface area contributed by atoms with E-state index in [0.29, 0.717) is 0 Å². The van der Waals surface area contributed by atoms with Gasteiger partial charge in [-0.05, 0) is 56.3 Å². The molecule has 1 heterocycles. The molecule has 1 atom stereocenters. The summed E-state index contributed by atoms with van der Waals surface area (Å²) in [5, 5.41) is 12.6. The Morgan fingerprint density at radius 2 is 2.06 bits per heavy atom. The van der Waals surface area contributed by atoms with Crippen LogP contribution in [0.2, 0.25) is 0 Å². The molecule has 2 rings (SSSR count). The Kier molecular flexibility index (Phi) is 3.75. The standard InChI is InChI=1S/C14H17FN2/c15-13-5-3-12(4-6-13)7-9-14(11-16)8-1-2-10-17-14/h3-6,17H,1-2,7-10H2. The summed E-state index contributed by atoms with van der Waals surface area (Å²) < 4.78 is 12.8. The first kappa shape index (κ1) is 12.1. The van der Waals surface area contributed by atoms with E-state index < -0.39 is 0 Å². The summed E-state index contributed by atoms with van der Waals surface area (Å²) in [6.45, 7) is 0.928. The number of benzene rings is 1. The number of piperidine rings is 1. The Morgan fingerprint density at radius 3 is 2.65 bits per heavy atom. The molecule has 1 N–H and O–H groups in total. The van der Waals surface area contributed by atoms with Crippen molar-refractivity contribution in [3.8, 4) is 6.07 Å². The summed E-state index contributed by atoms with van der Waals surface area (Å²) in [4.78, 5) is 0. The lowest BCUT2D eigenvalue weighted by Crippen LogP contribution is -2.47. The molecule has 1 saturated heterocycles. The SMILES string of the molecule is N#CC1(CCc2ccc(F)cc2)CCCCN1. The smallest absolute Gasteiger partial charge is 0.123 e. The summed E-state index contributed by atoms with van der Waals surface area (Å²) >= 11 is 0. The summed E-state index contributed by atoms with van der Waals surface area (Å²) in [6.07, 6.45) is 4.81. The highest BCUT2D eigenvalue weighted by atomic mass is 19.1. The molecule has 1 aliphatic rings. The summed E-state index contributed by atoms with van der Waals surface area (Å²) in [5.74, 6) is -0.209. The molecule has 0 saturated carbocycles. The van der Waals surface area contributed by atoms with Gasteiger partial charge in [0.15, 0.2) is 0 Å². The molecular weight excluding hydrogens is 215 g/mol. The maximum Gasteiger partial charge on any atom is 0.123 e. The minimum atomic E-state index is -0.368. The van der Waals surface area contributed by atoms with Gasteiger partial charge in [0.1, 0.15) is 11.4 Å². The van der Waals surface area contributed by atoms with E-state index in [1.54, 1.807) is 12.1 Å². The fourth-order valence-corrected chi connectivity index (χ4v) is 2.34. The van der Waals surface area contributed by atoms with Gasteiger partial charge < -0.3 is 0 Å². The van der Waals surface area contributed by atoms with Crippen molar-refractivity contribution in [3.05, 3.63) is 35.6 Å². The van der Waals surface area contributed by atoms with E-state index in [-0.39, 0.29) is 11.4 Å². The fourth-order valence-electron chi connectivity index (χ4n) is 2.34. The van der Waals surface area contributed by atoms with Crippen LogP contribution in [0.25, 0.3) is 0 Å². The first-order valence-electron chi connectivity index (χ1n) is 6.15. The van der Waals surface area contributed by atoms with E-state index in [9.17, 15) is 9.65 Å². The second kappa shape index (κ2) is 5.29. The van der Waals surface area contributed by atoms with Crippen molar-refractivity contribution in [2.75, 3.05) is 6.54 Å². The molecule has 3 heteroatoms. The number of hydrogen-bond donors (Lipinski definition) is 1. The van der Waals surface area contributed by atoms with Crippen LogP contribution in [-0.4, -0.2) is 12.1 Å². The number of halogens is 1. The molecule has 0 spiro atoms. The van der Waals surface area contributed by atoms with Crippen LogP contribution >= 0.6 is 0 Å². The van der Waals surface area contributed by atoms with Crippen LogP contribution in [0.5, 0.6) is 0 Å². The number of hydrogen-bond acceptors (Lipinski definition) is 2. The summed E-state index contributed by atoms with van der Waals surface area (Å²) in [6, 6.07) is 8.95. The van der Waals surface area contributed by atoms with E-state index in [4.69, 9.17) is 0 Å². The highest BCUT2D eigenvalue weighted by Crippen LogP contribution is 2.24. The number of aryl methyl sites for hydroxylation is 1. The van der Waals surface area contributed by atoms with E-state index in [0.717, 1.165) is 44.2 Å². The average molecular weight is 232 g/mol. The second-order valence-electron chi connectivity index (χ2n) is 4.70. The zero-order chi connectivity index (χ0) is 12.1. The third kappa shape index (κ3) is 3.04. The largest absolute Gasteiger partial charge is 0.299 e. The molecule has 0 bridgehead atoms. The van der Waals surface area contributed by atoms with Crippen LogP contribution in [-0.2, 0) is 6.42 Å². The molecular formula is C14H17FN2. The Hall–Kier alpha value is -1.40. The first-order valence-corrected chi connectivity index (χ1v) is 6.15. The quantitative estimate of drug-likeness (QED) is 0.869. The Morgan fingerprint density at radius 1 is 1.29 bits per heavy atom. The number of rotatable bonds is 3. The number of nitriles is 1. The monoisotopic (exact) mass is 232 g/mol. The Bertz CT molecular complexity index is 399. The summed E-state index contributed by atoms with van der Waals surface area (Å²) in [5.41, 5.74) is 0.723. The van der Waals surface area contributed by atoms with Crippen LogP contribution in [0.15, 0.2) is 24.3 Å². The van der Waals surface area contributed by atoms with Gasteiger partial charge in [-0.25, -0.2) is 4.39 Å². The van der Waals surface area contributed by atoms with Gasteiger partial charge in [0.05, 0.1) is 6.07 Å². The van der Waals surface area contributed by atoms with Crippen molar-refractivity contribution in [1.29, 1.82) is 5.26 Å². The van der Waals surface area contributed by atoms with Crippen molar-refractivity contribution in [2.45, 2.75) is 37.6 Å². The minimum absolute atomic E-state index is 0.209. The second-order valence-corrected chi connectivity index (χ2v) is 4.70. The van der Waals surface area contributed by atoms with Gasteiger partial charge in [-0.2, -0.15) is 5.26 Å². The summed E-state index contributed by atoms with van der Waals surface area (Å²) in [7, 11) is 0. The van der Waals surface area contributed by atoms with Crippen LogP contribution in [0.1, 0.15) is 31.2 Å². The Balaban J connectivity index is 1.96. The minimum Gasteiger partial charge on any atom is -0.299 e. The Labute approximate surface area is 101 Å². The molecule has 17 heavy (non-hydrogen) atoms. The molecule has 1 aromatic rings. The number of nitrogens with zero attached hydrogens (tertiary/aromatic N) is 1. The molecule has 0 amide bonds. The van der Waals surface area contributed by atoms with Crippen molar-refractivity contribution in [1.82, 2.24) is 5.32 Å². The lowest BCUT2D eigenvalue weighted by atomic mass is 9.85. The van der Waals surface area contributed by atoms with Gasteiger partial charge in [-0.15, -0.1) is 0 Å². The first-order chi connectivity index (χ1) is 8.24. The lowest BCUT2D eigenvalue weighted by Gasteiger charge is -2.32. The molecule has 0 aliphatic carbocycles. The third-order valence-corrected chi connectivity index (χ3v) is 3.46. The van der Waals surface area contributed by atoms with Gasteiger partial charge in [-0.1, -0.05) is 12.1 Å². The van der Waals surface area contributed by atoms with Crippen molar-refractivity contribution < 1.29 is 4.39 Å². The topological polar surface area (TPSA) is 35.8 Å². The predicted octanol–water partition coefficient (Wildman–Crippen LogP) is 2.79. The van der Waals surface area contributed by atoms with Crippen LogP contribution in [0.4, 0.5) is 4.39 Å². The highest BCUT2D eigenvalue weighted by molar-refractivity contribution is 5.18. The maximum absolute atomic E-state index is 12.8.